The second-order valence-corrected chi connectivity index (χ2v) is 6.88. The van der Waals surface area contributed by atoms with Gasteiger partial charge in [0, 0.05) is 18.8 Å². The van der Waals surface area contributed by atoms with Crippen LogP contribution >= 0.6 is 0 Å². The van der Waals surface area contributed by atoms with Crippen molar-refractivity contribution in [1.82, 2.24) is 0 Å². The lowest BCUT2D eigenvalue weighted by atomic mass is 9.86. The number of halogens is 1. The van der Waals surface area contributed by atoms with Crippen LogP contribution in [0.4, 0.5) is 4.39 Å². The van der Waals surface area contributed by atoms with Gasteiger partial charge in [0.1, 0.15) is 5.78 Å². The van der Waals surface area contributed by atoms with Crippen molar-refractivity contribution in [2.75, 3.05) is 0 Å². The number of carboxylic acid groups (broad SMARTS) is 1. The summed E-state index contributed by atoms with van der Waals surface area (Å²) in [5.41, 5.74) is 0. The predicted molar refractivity (Wildman–Crippen MR) is 86.8 cm³/mol. The fourth-order valence-corrected chi connectivity index (χ4v) is 3.56. The molecular weight excluding hydrogens is 299 g/mol. The SMILES string of the molecule is CCCCCC[C@H]1CCC(=O)[C@@H]1CCCCCC(O)(F)C(=O)O. The van der Waals surface area contributed by atoms with Crippen LogP contribution in [0.3, 0.4) is 0 Å². The van der Waals surface area contributed by atoms with Crippen molar-refractivity contribution in [2.45, 2.75) is 89.8 Å². The van der Waals surface area contributed by atoms with E-state index in [0.29, 0.717) is 31.0 Å². The van der Waals surface area contributed by atoms with Crippen LogP contribution in [0.2, 0.25) is 0 Å². The van der Waals surface area contributed by atoms with Gasteiger partial charge in [-0.25, -0.2) is 4.79 Å². The molecule has 0 bridgehead atoms. The van der Waals surface area contributed by atoms with Crippen molar-refractivity contribution in [2.24, 2.45) is 11.8 Å². The van der Waals surface area contributed by atoms with Crippen molar-refractivity contribution in [3.8, 4) is 0 Å². The Kier molecular flexibility index (Phi) is 8.74. The van der Waals surface area contributed by atoms with Crippen LogP contribution in [0, 0.1) is 11.8 Å². The average Bonchev–Trinajstić information content (AvgIpc) is 2.84. The molecule has 134 valence electrons. The summed E-state index contributed by atoms with van der Waals surface area (Å²) in [6.07, 6.45) is 9.88. The Labute approximate surface area is 138 Å². The molecule has 5 heteroatoms. The number of carbonyl (C=O) groups excluding carboxylic acids is 1. The third-order valence-electron chi connectivity index (χ3n) is 5.02. The lowest BCUT2D eigenvalue weighted by Crippen LogP contribution is -2.32. The highest BCUT2D eigenvalue weighted by Gasteiger charge is 2.35. The fraction of sp³-hybridized carbons (Fsp3) is 0.889. The van der Waals surface area contributed by atoms with Gasteiger partial charge in [-0.15, -0.1) is 0 Å². The van der Waals surface area contributed by atoms with Crippen LogP contribution in [-0.4, -0.2) is 27.8 Å². The molecule has 0 aromatic carbocycles. The van der Waals surface area contributed by atoms with Crippen molar-refractivity contribution in [3.63, 3.8) is 0 Å². The first-order valence-electron chi connectivity index (χ1n) is 9.06. The number of carbonyl (C=O) groups is 2. The van der Waals surface area contributed by atoms with Gasteiger partial charge in [0.2, 0.25) is 0 Å². The van der Waals surface area contributed by atoms with Crippen LogP contribution in [0.15, 0.2) is 0 Å². The van der Waals surface area contributed by atoms with Gasteiger partial charge >= 0.3 is 11.8 Å². The van der Waals surface area contributed by atoms with E-state index in [0.717, 1.165) is 25.7 Å². The molecule has 1 saturated carbocycles. The van der Waals surface area contributed by atoms with Gasteiger partial charge in [0.25, 0.3) is 0 Å². The maximum absolute atomic E-state index is 13.2. The molecule has 0 aromatic rings. The number of hydrogen-bond donors (Lipinski definition) is 2. The molecule has 2 N–H and O–H groups in total. The zero-order valence-electron chi connectivity index (χ0n) is 14.2. The molecule has 0 heterocycles. The molecule has 1 rings (SSSR count). The summed E-state index contributed by atoms with van der Waals surface area (Å²) in [5, 5.41) is 17.5. The summed E-state index contributed by atoms with van der Waals surface area (Å²) in [7, 11) is 0. The molecule has 0 aliphatic heterocycles. The standard InChI is InChI=1S/C18H31FO4/c1-2-3-4-6-9-14-11-12-16(20)15(14)10-7-5-8-13-18(19,23)17(21)22/h14-15,23H,2-13H2,1H3,(H,21,22)/t14-,15+,18?/m0/s1. The summed E-state index contributed by atoms with van der Waals surface area (Å²) < 4.78 is 13.2. The number of rotatable bonds is 12. The van der Waals surface area contributed by atoms with E-state index in [4.69, 9.17) is 10.2 Å². The molecule has 1 aliphatic carbocycles. The normalized spacial score (nSPS) is 23.9. The number of aliphatic hydroxyl groups is 1. The Morgan fingerprint density at radius 3 is 2.48 bits per heavy atom. The van der Waals surface area contributed by atoms with Gasteiger partial charge in [-0.1, -0.05) is 45.4 Å². The average molecular weight is 330 g/mol. The summed E-state index contributed by atoms with van der Waals surface area (Å²) in [5.74, 6) is -3.95. The van der Waals surface area contributed by atoms with Crippen molar-refractivity contribution in [3.05, 3.63) is 0 Å². The van der Waals surface area contributed by atoms with E-state index in [1.54, 1.807) is 0 Å². The van der Waals surface area contributed by atoms with Gasteiger partial charge in [0.15, 0.2) is 0 Å². The number of Topliss-reactive ketones (excluding diaryl/α,β-unsaturated/α-hetero) is 1. The number of alkyl halides is 1. The highest BCUT2D eigenvalue weighted by atomic mass is 19.2. The first-order chi connectivity index (χ1) is 10.9. The first-order valence-corrected chi connectivity index (χ1v) is 9.06. The summed E-state index contributed by atoms with van der Waals surface area (Å²) in [4.78, 5) is 22.5. The number of ketones is 1. The van der Waals surface area contributed by atoms with Gasteiger partial charge in [0.05, 0.1) is 0 Å². The van der Waals surface area contributed by atoms with E-state index in [1.807, 2.05) is 0 Å². The maximum atomic E-state index is 13.2. The van der Waals surface area contributed by atoms with E-state index in [1.165, 1.54) is 25.7 Å². The topological polar surface area (TPSA) is 74.6 Å². The van der Waals surface area contributed by atoms with Crippen LogP contribution in [-0.2, 0) is 9.59 Å². The largest absolute Gasteiger partial charge is 0.477 e. The van der Waals surface area contributed by atoms with Crippen LogP contribution in [0.5, 0.6) is 0 Å². The highest BCUT2D eigenvalue weighted by molar-refractivity contribution is 5.83. The van der Waals surface area contributed by atoms with E-state index >= 15 is 0 Å². The molecular formula is C18H31FO4. The number of hydrogen-bond acceptors (Lipinski definition) is 3. The van der Waals surface area contributed by atoms with Gasteiger partial charge < -0.3 is 10.2 Å². The lowest BCUT2D eigenvalue weighted by Gasteiger charge is -2.18. The Morgan fingerprint density at radius 2 is 1.83 bits per heavy atom. The zero-order chi connectivity index (χ0) is 17.3. The third-order valence-corrected chi connectivity index (χ3v) is 5.02. The lowest BCUT2D eigenvalue weighted by molar-refractivity contribution is -0.181. The molecule has 0 aromatic heterocycles. The summed E-state index contributed by atoms with van der Waals surface area (Å²) in [6.45, 7) is 2.19. The highest BCUT2D eigenvalue weighted by Crippen LogP contribution is 2.36. The van der Waals surface area contributed by atoms with Crippen LogP contribution in [0.25, 0.3) is 0 Å². The van der Waals surface area contributed by atoms with Gasteiger partial charge in [-0.2, -0.15) is 4.39 Å². The van der Waals surface area contributed by atoms with Crippen LogP contribution < -0.4 is 0 Å². The first kappa shape index (κ1) is 20.1. The molecule has 23 heavy (non-hydrogen) atoms. The predicted octanol–water partition coefficient (Wildman–Crippen LogP) is 4.25. The van der Waals surface area contributed by atoms with Crippen molar-refractivity contribution in [1.29, 1.82) is 0 Å². The number of aliphatic carboxylic acids is 1. The van der Waals surface area contributed by atoms with E-state index in [9.17, 15) is 14.0 Å². The van der Waals surface area contributed by atoms with Gasteiger partial charge in [-0.05, 0) is 31.6 Å². The van der Waals surface area contributed by atoms with E-state index in [2.05, 4.69) is 6.92 Å². The number of carboxylic acids is 1. The Morgan fingerprint density at radius 1 is 1.17 bits per heavy atom. The second-order valence-electron chi connectivity index (χ2n) is 6.88. The Bertz CT molecular complexity index is 381. The van der Waals surface area contributed by atoms with E-state index < -0.39 is 11.8 Å². The van der Waals surface area contributed by atoms with Crippen LogP contribution in [0.1, 0.15) is 84.0 Å². The second kappa shape index (κ2) is 10.0. The molecule has 0 saturated heterocycles. The molecule has 0 spiro atoms. The molecule has 4 nitrogen and oxygen atoms in total. The van der Waals surface area contributed by atoms with Gasteiger partial charge in [-0.3, -0.25) is 4.79 Å². The van der Waals surface area contributed by atoms with Crippen molar-refractivity contribution < 1.29 is 24.2 Å². The van der Waals surface area contributed by atoms with Crippen molar-refractivity contribution >= 4 is 11.8 Å². The molecule has 1 aliphatic rings. The molecule has 3 atom stereocenters. The summed E-state index contributed by atoms with van der Waals surface area (Å²) in [6, 6.07) is 0. The minimum atomic E-state index is -3.12. The third kappa shape index (κ3) is 6.98. The molecule has 1 unspecified atom stereocenters. The molecule has 0 radical (unpaired) electrons. The zero-order valence-corrected chi connectivity index (χ0v) is 14.2. The Hall–Kier alpha value is -0.970. The number of unbranched alkanes of at least 4 members (excludes halogenated alkanes) is 5. The fourth-order valence-electron chi connectivity index (χ4n) is 3.56. The van der Waals surface area contributed by atoms with E-state index in [-0.39, 0.29) is 12.3 Å². The summed E-state index contributed by atoms with van der Waals surface area (Å²) >= 11 is 0. The Balaban J connectivity index is 2.23. The minimum absolute atomic E-state index is 0.139. The minimum Gasteiger partial charge on any atom is -0.477 e. The maximum Gasteiger partial charge on any atom is 0.369 e. The monoisotopic (exact) mass is 330 g/mol. The molecule has 1 fully saturated rings. The molecule has 0 amide bonds. The smallest absolute Gasteiger partial charge is 0.369 e. The quantitative estimate of drug-likeness (QED) is 0.525.